The van der Waals surface area contributed by atoms with Crippen LogP contribution in [0.3, 0.4) is 0 Å². The molecule has 3 fully saturated rings. The fraction of sp³-hybridized carbons (Fsp3) is 0.344. The molecule has 3 saturated carbocycles. The number of aryl methyl sites for hydroxylation is 1. The van der Waals surface area contributed by atoms with Crippen LogP contribution in [0.15, 0.2) is 152 Å². The predicted octanol–water partition coefficient (Wildman–Crippen LogP) is 18.9. The van der Waals surface area contributed by atoms with Gasteiger partial charge in [-0.2, -0.15) is 0 Å². The first kappa shape index (κ1) is 42.0. The average Bonchev–Trinajstić information content (AvgIpc) is 3.60. The number of rotatable bonds is 9. The highest BCUT2D eigenvalue weighted by molar-refractivity contribution is 5.87. The van der Waals surface area contributed by atoms with Crippen molar-refractivity contribution in [1.29, 1.82) is 0 Å². The third-order valence-electron chi connectivity index (χ3n) is 16.4. The molecular weight excluding hydrogens is 783 g/mol. The number of fused-ring (bicyclic) bond motifs is 3. The van der Waals surface area contributed by atoms with E-state index in [1.165, 1.54) is 180 Å². The molecule has 0 atom stereocenters. The quantitative estimate of drug-likeness (QED) is 0.140. The van der Waals surface area contributed by atoms with Crippen LogP contribution < -0.4 is 4.90 Å². The van der Waals surface area contributed by atoms with Crippen molar-refractivity contribution in [1.82, 2.24) is 0 Å². The Hall–Kier alpha value is -5.66. The van der Waals surface area contributed by atoms with Crippen LogP contribution in [0.5, 0.6) is 0 Å². The van der Waals surface area contributed by atoms with E-state index < -0.39 is 0 Å². The van der Waals surface area contributed by atoms with Gasteiger partial charge in [-0.1, -0.05) is 187 Å². The first-order valence-corrected chi connectivity index (χ1v) is 25.5. The molecule has 0 saturated heterocycles. The molecule has 1 nitrogen and oxygen atoms in total. The maximum atomic E-state index is 2.62. The number of benzene rings is 7. The van der Waals surface area contributed by atoms with E-state index in [1.807, 2.05) is 0 Å². The number of hydrogen-bond acceptors (Lipinski definition) is 1. The zero-order chi connectivity index (χ0) is 43.9. The van der Waals surface area contributed by atoms with Gasteiger partial charge in [0.25, 0.3) is 0 Å². The lowest BCUT2D eigenvalue weighted by atomic mass is 9.78. The summed E-state index contributed by atoms with van der Waals surface area (Å²) in [6, 6.07) is 59.1. The second-order valence-electron chi connectivity index (χ2n) is 20.9. The molecule has 65 heavy (non-hydrogen) atoms. The van der Waals surface area contributed by atoms with Crippen molar-refractivity contribution in [2.24, 2.45) is 0 Å². The smallest absolute Gasteiger partial charge is 0.0465 e. The summed E-state index contributed by atoms with van der Waals surface area (Å²) in [5.41, 5.74) is 22.8. The van der Waals surface area contributed by atoms with E-state index in [0.717, 1.165) is 5.92 Å². The summed E-state index contributed by atoms with van der Waals surface area (Å²) in [4.78, 5) is 2.47. The van der Waals surface area contributed by atoms with Gasteiger partial charge in [-0.25, -0.2) is 0 Å². The monoisotopic (exact) mass is 850 g/mol. The van der Waals surface area contributed by atoms with E-state index in [1.54, 1.807) is 11.1 Å². The first-order valence-electron chi connectivity index (χ1n) is 25.5. The summed E-state index contributed by atoms with van der Waals surface area (Å²) >= 11 is 0. The lowest BCUT2D eigenvalue weighted by molar-refractivity contribution is 0.435. The topological polar surface area (TPSA) is 3.24 Å². The molecule has 4 aliphatic rings. The molecule has 328 valence electrons. The average molecular weight is 850 g/mol. The molecule has 0 bridgehead atoms. The van der Waals surface area contributed by atoms with Gasteiger partial charge in [-0.3, -0.25) is 0 Å². The summed E-state index contributed by atoms with van der Waals surface area (Å²) in [6.45, 7) is 7.05. The van der Waals surface area contributed by atoms with Crippen LogP contribution in [0.4, 0.5) is 17.1 Å². The second-order valence-corrected chi connectivity index (χ2v) is 20.9. The van der Waals surface area contributed by atoms with Crippen LogP contribution >= 0.6 is 0 Å². The number of anilines is 3. The van der Waals surface area contributed by atoms with Crippen LogP contribution in [0.25, 0.3) is 44.5 Å². The zero-order valence-electron chi connectivity index (χ0n) is 39.2. The summed E-state index contributed by atoms with van der Waals surface area (Å²) in [7, 11) is 0. The Bertz CT molecular complexity index is 2730. The summed E-state index contributed by atoms with van der Waals surface area (Å²) in [6.07, 6.45) is 20.5. The molecule has 0 aromatic heterocycles. The third-order valence-corrected chi connectivity index (χ3v) is 16.4. The van der Waals surface area contributed by atoms with Crippen molar-refractivity contribution in [3.05, 3.63) is 185 Å². The van der Waals surface area contributed by atoms with Crippen molar-refractivity contribution < 1.29 is 0 Å². The van der Waals surface area contributed by atoms with E-state index in [2.05, 4.69) is 177 Å². The predicted molar refractivity (Wildman–Crippen MR) is 277 cm³/mol. The minimum Gasteiger partial charge on any atom is -0.310 e. The van der Waals surface area contributed by atoms with Crippen LogP contribution in [0, 0.1) is 6.92 Å². The minimum absolute atomic E-state index is 0.0815. The molecule has 0 heterocycles. The minimum atomic E-state index is -0.0815. The molecule has 0 amide bonds. The van der Waals surface area contributed by atoms with Gasteiger partial charge < -0.3 is 4.90 Å². The van der Waals surface area contributed by atoms with E-state index in [4.69, 9.17) is 0 Å². The highest BCUT2D eigenvalue weighted by Crippen LogP contribution is 2.51. The van der Waals surface area contributed by atoms with Gasteiger partial charge in [0.05, 0.1) is 0 Å². The maximum Gasteiger partial charge on any atom is 0.0465 e. The van der Waals surface area contributed by atoms with Crippen LogP contribution in [-0.2, 0) is 5.41 Å². The molecule has 0 unspecified atom stereocenters. The fourth-order valence-electron chi connectivity index (χ4n) is 12.6. The van der Waals surface area contributed by atoms with Gasteiger partial charge in [0.1, 0.15) is 0 Å². The van der Waals surface area contributed by atoms with Gasteiger partial charge in [0.2, 0.25) is 0 Å². The Morgan fingerprint density at radius 3 is 1.38 bits per heavy atom. The van der Waals surface area contributed by atoms with E-state index in [0.29, 0.717) is 11.8 Å². The van der Waals surface area contributed by atoms with Crippen molar-refractivity contribution in [3.63, 3.8) is 0 Å². The van der Waals surface area contributed by atoms with Crippen molar-refractivity contribution in [2.75, 3.05) is 4.90 Å². The number of hydrogen-bond donors (Lipinski definition) is 0. The van der Waals surface area contributed by atoms with Gasteiger partial charge in [-0.05, 0) is 177 Å². The second kappa shape index (κ2) is 18.0. The van der Waals surface area contributed by atoms with Crippen LogP contribution in [0.1, 0.15) is 161 Å². The third kappa shape index (κ3) is 8.30. The van der Waals surface area contributed by atoms with E-state index >= 15 is 0 Å². The molecule has 0 spiro atoms. The zero-order valence-corrected chi connectivity index (χ0v) is 39.2. The standard InChI is InChI=1S/C64H67N/c1-44-39-57(35-37-59(44)52-29-27-51(28-30-52)55-41-53(46-17-9-5-10-18-46)40-54(42-55)47-19-11-6-12-20-47)65(58-36-38-61-60-21-13-14-22-62(60)64(2,3)63(61)43-58)56-33-31-50(32-34-56)49-25-23-48(24-26-49)45-15-7-4-8-16-45/h13-14,21-43,45-47H,4-12,15-20H2,1-3H3. The molecule has 0 radical (unpaired) electrons. The number of nitrogens with zero attached hydrogens (tertiary/aromatic N) is 1. The Morgan fingerprint density at radius 2 is 0.800 bits per heavy atom. The largest absolute Gasteiger partial charge is 0.310 e. The molecule has 7 aromatic rings. The van der Waals surface area contributed by atoms with Crippen LogP contribution in [-0.4, -0.2) is 0 Å². The van der Waals surface area contributed by atoms with Gasteiger partial charge in [0, 0.05) is 22.5 Å². The molecule has 7 aromatic carbocycles. The maximum absolute atomic E-state index is 2.62. The Balaban J connectivity index is 0.918. The highest BCUT2D eigenvalue weighted by atomic mass is 15.1. The van der Waals surface area contributed by atoms with Gasteiger partial charge in [-0.15, -0.1) is 0 Å². The summed E-state index contributed by atoms with van der Waals surface area (Å²) in [5.74, 6) is 2.15. The van der Waals surface area contributed by atoms with Crippen molar-refractivity contribution in [2.45, 2.75) is 140 Å². The Kier molecular flexibility index (Phi) is 11.6. The first-order chi connectivity index (χ1) is 31.9. The fourth-order valence-corrected chi connectivity index (χ4v) is 12.6. The van der Waals surface area contributed by atoms with Crippen molar-refractivity contribution >= 4 is 17.1 Å². The Labute approximate surface area is 390 Å². The summed E-state index contributed by atoms with van der Waals surface area (Å²) < 4.78 is 0. The van der Waals surface area contributed by atoms with E-state index in [9.17, 15) is 0 Å². The molecule has 4 aliphatic carbocycles. The van der Waals surface area contributed by atoms with Crippen molar-refractivity contribution in [3.8, 4) is 44.5 Å². The Morgan fingerprint density at radius 1 is 0.354 bits per heavy atom. The van der Waals surface area contributed by atoms with Crippen LogP contribution in [0.2, 0.25) is 0 Å². The lowest BCUT2D eigenvalue weighted by Gasteiger charge is -2.29. The lowest BCUT2D eigenvalue weighted by Crippen LogP contribution is -2.16. The van der Waals surface area contributed by atoms with E-state index in [-0.39, 0.29) is 5.41 Å². The van der Waals surface area contributed by atoms with Gasteiger partial charge in [0.15, 0.2) is 0 Å². The SMILES string of the molecule is Cc1cc(N(c2ccc(-c3ccc(C4CCCCC4)cc3)cc2)c2ccc3c(c2)C(C)(C)c2ccccc2-3)ccc1-c1ccc(-c2cc(C3CCCCC3)cc(C3CCCCC3)c2)cc1. The normalized spacial score (nSPS) is 17.7. The molecular formula is C64H67N. The molecule has 1 heteroatoms. The highest BCUT2D eigenvalue weighted by Gasteiger charge is 2.36. The molecule has 0 N–H and O–H groups in total. The molecule has 0 aliphatic heterocycles. The summed E-state index contributed by atoms with van der Waals surface area (Å²) in [5, 5.41) is 0. The van der Waals surface area contributed by atoms with Gasteiger partial charge >= 0.3 is 0 Å². The molecule has 11 rings (SSSR count).